The van der Waals surface area contributed by atoms with E-state index < -0.39 is 16.5 Å². The third kappa shape index (κ3) is 11.9. The van der Waals surface area contributed by atoms with Crippen LogP contribution in [0.2, 0.25) is 0 Å². The van der Waals surface area contributed by atoms with Crippen LogP contribution in [0.4, 0.5) is 0 Å². The summed E-state index contributed by atoms with van der Waals surface area (Å²) in [6.45, 7) is 4.06. The normalized spacial score (nSPS) is 8.61. The van der Waals surface area contributed by atoms with Gasteiger partial charge in [-0.1, -0.05) is 59.7 Å². The van der Waals surface area contributed by atoms with Gasteiger partial charge in [-0.2, -0.15) is 10.5 Å². The molecule has 0 atom stereocenters. The summed E-state index contributed by atoms with van der Waals surface area (Å²) < 4.78 is 0. The van der Waals surface area contributed by atoms with E-state index >= 15 is 0 Å². The van der Waals surface area contributed by atoms with Gasteiger partial charge < -0.3 is 0 Å². The molecular formula is C18H18Cl2N2Pt. The summed E-state index contributed by atoms with van der Waals surface area (Å²) in [4.78, 5) is 0. The van der Waals surface area contributed by atoms with Crippen molar-refractivity contribution in [1.29, 1.82) is 10.5 Å². The zero-order chi connectivity index (χ0) is 17.5. The van der Waals surface area contributed by atoms with Crippen LogP contribution < -0.4 is 0 Å². The molecular weight excluding hydrogens is 510 g/mol. The van der Waals surface area contributed by atoms with Crippen LogP contribution in [0.15, 0.2) is 48.5 Å². The quantitative estimate of drug-likeness (QED) is 0.517. The first-order valence-electron chi connectivity index (χ1n) is 6.74. The molecule has 0 saturated carbocycles. The third-order valence-corrected chi connectivity index (χ3v) is 2.73. The Morgan fingerprint density at radius 1 is 0.826 bits per heavy atom. The van der Waals surface area contributed by atoms with Crippen LogP contribution in [0.1, 0.15) is 22.3 Å². The Labute approximate surface area is 155 Å². The fourth-order valence-electron chi connectivity index (χ4n) is 1.83. The second-order valence-corrected chi connectivity index (χ2v) is 7.98. The number of hydrogen-bond donors (Lipinski definition) is 0. The van der Waals surface area contributed by atoms with Crippen molar-refractivity contribution in [3.63, 3.8) is 0 Å². The second kappa shape index (κ2) is 14.3. The molecule has 2 nitrogen and oxygen atoms in total. The monoisotopic (exact) mass is 527 g/mol. The first kappa shape index (κ1) is 21.7. The van der Waals surface area contributed by atoms with Crippen LogP contribution in [0, 0.1) is 36.5 Å². The van der Waals surface area contributed by atoms with Crippen LogP contribution in [0.3, 0.4) is 0 Å². The van der Waals surface area contributed by atoms with E-state index in [4.69, 9.17) is 29.4 Å². The Morgan fingerprint density at radius 2 is 1.17 bits per heavy atom. The van der Waals surface area contributed by atoms with Crippen molar-refractivity contribution >= 4 is 18.8 Å². The molecule has 0 saturated heterocycles. The Kier molecular flexibility index (Phi) is 13.5. The van der Waals surface area contributed by atoms with Gasteiger partial charge in [-0.25, -0.2) is 0 Å². The summed E-state index contributed by atoms with van der Waals surface area (Å²) in [6.07, 6.45) is 1.03. The van der Waals surface area contributed by atoms with Gasteiger partial charge in [-0.15, -0.1) is 0 Å². The van der Waals surface area contributed by atoms with Crippen molar-refractivity contribution in [2.24, 2.45) is 0 Å². The number of benzene rings is 2. The van der Waals surface area contributed by atoms with Crippen molar-refractivity contribution in [3.8, 4) is 12.1 Å². The van der Waals surface area contributed by atoms with E-state index in [9.17, 15) is 0 Å². The molecule has 124 valence electrons. The van der Waals surface area contributed by atoms with E-state index in [2.05, 4.69) is 12.1 Å². The topological polar surface area (TPSA) is 47.6 Å². The molecule has 0 bridgehead atoms. The van der Waals surface area contributed by atoms with Crippen LogP contribution in [-0.4, -0.2) is 0 Å². The van der Waals surface area contributed by atoms with Gasteiger partial charge in [0.05, 0.1) is 25.0 Å². The van der Waals surface area contributed by atoms with Crippen molar-refractivity contribution in [3.05, 3.63) is 70.8 Å². The fraction of sp³-hybridized carbons (Fsp3) is 0.222. The predicted molar refractivity (Wildman–Crippen MR) is 92.7 cm³/mol. The average molecular weight is 528 g/mol. The van der Waals surface area contributed by atoms with Crippen molar-refractivity contribution in [2.75, 3.05) is 0 Å². The molecule has 0 aliphatic heterocycles. The van der Waals surface area contributed by atoms with Gasteiger partial charge in [0, 0.05) is 0 Å². The molecule has 2 rings (SSSR count). The Balaban J connectivity index is 0.000000360. The minimum atomic E-state index is -0.472. The van der Waals surface area contributed by atoms with E-state index in [0.717, 1.165) is 11.1 Å². The SMILES string of the molecule is Cc1cccc(CC#N)c1.Cc1cccc(CC#N)c1.[Cl][Pt][Cl]. The van der Waals surface area contributed by atoms with Crippen LogP contribution >= 0.6 is 18.8 Å². The summed E-state index contributed by atoms with van der Waals surface area (Å²) in [5.74, 6) is 0. The number of aryl methyl sites for hydroxylation is 2. The predicted octanol–water partition coefficient (Wildman–Crippen LogP) is 5.50. The maximum absolute atomic E-state index is 8.36. The van der Waals surface area contributed by atoms with E-state index in [-0.39, 0.29) is 0 Å². The first-order valence-corrected chi connectivity index (χ1v) is 12.4. The molecule has 0 unspecified atom stereocenters. The first-order chi connectivity index (χ1) is 11.1. The van der Waals surface area contributed by atoms with Gasteiger partial charge in [0.2, 0.25) is 0 Å². The molecule has 0 aliphatic carbocycles. The van der Waals surface area contributed by atoms with E-state index in [1.165, 1.54) is 11.1 Å². The summed E-state index contributed by atoms with van der Waals surface area (Å²) in [7, 11) is 9.75. The molecule has 0 aromatic heterocycles. The van der Waals surface area contributed by atoms with Crippen molar-refractivity contribution < 1.29 is 16.5 Å². The maximum atomic E-state index is 8.36. The molecule has 23 heavy (non-hydrogen) atoms. The Hall–Kier alpha value is -1.31. The number of hydrogen-bond acceptors (Lipinski definition) is 2. The van der Waals surface area contributed by atoms with Crippen molar-refractivity contribution in [1.82, 2.24) is 0 Å². The van der Waals surface area contributed by atoms with Gasteiger partial charge in [0.25, 0.3) is 0 Å². The second-order valence-electron chi connectivity index (χ2n) is 4.69. The van der Waals surface area contributed by atoms with Gasteiger partial charge in [-0.3, -0.25) is 0 Å². The number of nitrogens with zero attached hydrogens (tertiary/aromatic N) is 2. The van der Waals surface area contributed by atoms with Gasteiger partial charge in [0.15, 0.2) is 0 Å². The molecule has 0 heterocycles. The fourth-order valence-corrected chi connectivity index (χ4v) is 1.83. The van der Waals surface area contributed by atoms with Crippen molar-refractivity contribution in [2.45, 2.75) is 26.7 Å². The number of rotatable bonds is 2. The third-order valence-electron chi connectivity index (χ3n) is 2.73. The molecule has 0 N–H and O–H groups in total. The van der Waals surface area contributed by atoms with Gasteiger partial charge >= 0.3 is 35.3 Å². The Bertz CT molecular complexity index is 603. The van der Waals surface area contributed by atoms with E-state index in [0.29, 0.717) is 12.8 Å². The summed E-state index contributed by atoms with van der Waals surface area (Å²) in [5.41, 5.74) is 4.63. The molecule has 2 aromatic rings. The van der Waals surface area contributed by atoms with Crippen LogP contribution in [0.25, 0.3) is 0 Å². The van der Waals surface area contributed by atoms with E-state index in [1.807, 2.05) is 62.4 Å². The molecule has 5 heteroatoms. The molecule has 0 amide bonds. The molecule has 2 aromatic carbocycles. The van der Waals surface area contributed by atoms with Crippen LogP contribution in [-0.2, 0) is 29.3 Å². The molecule has 0 spiro atoms. The van der Waals surface area contributed by atoms with Crippen LogP contribution in [0.5, 0.6) is 0 Å². The van der Waals surface area contributed by atoms with Gasteiger partial charge in [-0.05, 0) is 25.0 Å². The summed E-state index contributed by atoms with van der Waals surface area (Å²) in [5, 5.41) is 16.7. The molecule has 0 fully saturated rings. The standard InChI is InChI=1S/2C9H9N.2ClH.Pt/c2*1-8-3-2-4-9(7-8)5-6-10;;;/h2*2-4,7H,5H2,1H3;2*1H;/q;;;;+2/p-2. The number of halogens is 2. The zero-order valence-corrected chi connectivity index (χ0v) is 16.8. The number of nitriles is 2. The molecule has 0 aliphatic rings. The summed E-state index contributed by atoms with van der Waals surface area (Å²) >= 11 is -0.472. The molecule has 0 radical (unpaired) electrons. The minimum absolute atomic E-state index is 0.472. The Morgan fingerprint density at radius 3 is 1.43 bits per heavy atom. The average Bonchev–Trinajstić information content (AvgIpc) is 2.49. The zero-order valence-electron chi connectivity index (χ0n) is 13.0. The van der Waals surface area contributed by atoms with E-state index in [1.54, 1.807) is 0 Å². The summed E-state index contributed by atoms with van der Waals surface area (Å²) in [6, 6.07) is 20.2. The van der Waals surface area contributed by atoms with Gasteiger partial charge in [0.1, 0.15) is 0 Å².